The molecule has 0 spiro atoms. The van der Waals surface area contributed by atoms with Crippen LogP contribution < -0.4 is 4.74 Å². The second-order valence-corrected chi connectivity index (χ2v) is 4.69. The van der Waals surface area contributed by atoms with Crippen LogP contribution in [0.2, 0.25) is 0 Å². The van der Waals surface area contributed by atoms with Gasteiger partial charge in [0.15, 0.2) is 0 Å². The minimum atomic E-state index is -0.448. The van der Waals surface area contributed by atoms with E-state index in [2.05, 4.69) is 0 Å². The third kappa shape index (κ3) is 4.73. The molecular formula is C14H21FO2. The van der Waals surface area contributed by atoms with Crippen molar-refractivity contribution in [1.82, 2.24) is 0 Å². The van der Waals surface area contributed by atoms with Gasteiger partial charge in [0.05, 0.1) is 6.10 Å². The van der Waals surface area contributed by atoms with Crippen LogP contribution in [0.4, 0.5) is 4.39 Å². The van der Waals surface area contributed by atoms with Crippen LogP contribution in [0.15, 0.2) is 24.3 Å². The Hall–Kier alpha value is -1.09. The van der Waals surface area contributed by atoms with E-state index in [1.165, 1.54) is 0 Å². The van der Waals surface area contributed by atoms with E-state index in [9.17, 15) is 4.39 Å². The zero-order valence-electron chi connectivity index (χ0n) is 10.9. The minimum absolute atomic E-state index is 0.118. The van der Waals surface area contributed by atoms with Gasteiger partial charge in [0, 0.05) is 5.92 Å². The second-order valence-electron chi connectivity index (χ2n) is 4.69. The molecule has 0 aliphatic heterocycles. The maximum atomic E-state index is 12.4. The van der Waals surface area contributed by atoms with Crippen molar-refractivity contribution in [2.24, 2.45) is 5.92 Å². The first-order valence-corrected chi connectivity index (χ1v) is 6.00. The molecule has 2 nitrogen and oxygen atoms in total. The molecule has 0 saturated heterocycles. The van der Waals surface area contributed by atoms with Crippen LogP contribution >= 0.6 is 0 Å². The summed E-state index contributed by atoms with van der Waals surface area (Å²) in [5.74, 6) is 0.972. The van der Waals surface area contributed by atoms with Crippen molar-refractivity contribution < 1.29 is 13.9 Å². The minimum Gasteiger partial charge on any atom is -0.465 e. The number of hydrogen-bond acceptors (Lipinski definition) is 2. The van der Waals surface area contributed by atoms with E-state index in [0.717, 1.165) is 0 Å². The maximum absolute atomic E-state index is 12.4. The van der Waals surface area contributed by atoms with Crippen LogP contribution in [-0.4, -0.2) is 12.4 Å². The average Bonchev–Trinajstić information content (AvgIpc) is 2.28. The molecule has 1 aromatic rings. The smallest absolute Gasteiger partial charge is 0.202 e. The van der Waals surface area contributed by atoms with Gasteiger partial charge in [-0.3, -0.25) is 0 Å². The van der Waals surface area contributed by atoms with Gasteiger partial charge >= 0.3 is 0 Å². The number of benzene rings is 1. The second kappa shape index (κ2) is 6.60. The van der Waals surface area contributed by atoms with Gasteiger partial charge in [-0.15, -0.1) is 0 Å². The highest BCUT2D eigenvalue weighted by Gasteiger charge is 2.17. The summed E-state index contributed by atoms with van der Waals surface area (Å²) in [6.45, 7) is 7.60. The van der Waals surface area contributed by atoms with Gasteiger partial charge in [-0.05, 0) is 31.5 Å². The van der Waals surface area contributed by atoms with Crippen molar-refractivity contribution in [2.45, 2.75) is 46.8 Å². The van der Waals surface area contributed by atoms with Gasteiger partial charge in [0.1, 0.15) is 12.4 Å². The van der Waals surface area contributed by atoms with Crippen LogP contribution in [0.25, 0.3) is 0 Å². The van der Waals surface area contributed by atoms with Gasteiger partial charge in [-0.1, -0.05) is 26.0 Å². The lowest BCUT2D eigenvalue weighted by atomic mass is 10.2. The molecule has 0 aliphatic carbocycles. The summed E-state index contributed by atoms with van der Waals surface area (Å²) in [7, 11) is 0. The molecule has 1 rings (SSSR count). The Morgan fingerprint density at radius 3 is 2.06 bits per heavy atom. The summed E-state index contributed by atoms with van der Waals surface area (Å²) in [6, 6.07) is 6.99. The van der Waals surface area contributed by atoms with E-state index in [0.29, 0.717) is 11.3 Å². The van der Waals surface area contributed by atoms with Crippen LogP contribution in [0.1, 0.15) is 33.3 Å². The predicted molar refractivity (Wildman–Crippen MR) is 66.7 cm³/mol. The molecule has 17 heavy (non-hydrogen) atoms. The van der Waals surface area contributed by atoms with Gasteiger partial charge in [-0.25, -0.2) is 4.39 Å². The molecule has 0 aromatic heterocycles. The highest BCUT2D eigenvalue weighted by atomic mass is 19.1. The van der Waals surface area contributed by atoms with E-state index in [1.807, 2.05) is 27.7 Å². The summed E-state index contributed by atoms with van der Waals surface area (Å²) in [5.41, 5.74) is 0.656. The van der Waals surface area contributed by atoms with Crippen molar-refractivity contribution in [3.63, 3.8) is 0 Å². The number of hydrogen-bond donors (Lipinski definition) is 0. The van der Waals surface area contributed by atoms with Crippen molar-refractivity contribution in [3.05, 3.63) is 29.8 Å². The average molecular weight is 240 g/mol. The molecule has 0 saturated carbocycles. The zero-order chi connectivity index (χ0) is 12.8. The number of alkyl halides is 1. The zero-order valence-corrected chi connectivity index (χ0v) is 10.9. The van der Waals surface area contributed by atoms with Crippen molar-refractivity contribution in [2.75, 3.05) is 0 Å². The van der Waals surface area contributed by atoms with E-state index in [-0.39, 0.29) is 18.3 Å². The molecular weight excluding hydrogens is 219 g/mol. The number of rotatable bonds is 6. The molecule has 1 atom stereocenters. The summed E-state index contributed by atoms with van der Waals surface area (Å²) >= 11 is 0. The fourth-order valence-corrected chi connectivity index (χ4v) is 1.38. The molecule has 0 radical (unpaired) electrons. The lowest BCUT2D eigenvalue weighted by molar-refractivity contribution is -0.132. The standard InChI is InChI=1S/C14H21FO2/c1-10(2)14(16-11(3)4)17-13-7-5-12(9-15)6-8-13/h5-8,10-11,14H,9H2,1-4H3. The fourth-order valence-electron chi connectivity index (χ4n) is 1.38. The Kier molecular flexibility index (Phi) is 5.42. The van der Waals surface area contributed by atoms with Gasteiger partial charge < -0.3 is 9.47 Å². The van der Waals surface area contributed by atoms with Crippen LogP contribution in [0.3, 0.4) is 0 Å². The lowest BCUT2D eigenvalue weighted by Gasteiger charge is -2.24. The van der Waals surface area contributed by atoms with Gasteiger partial charge in [0.2, 0.25) is 6.29 Å². The first-order chi connectivity index (χ1) is 8.02. The topological polar surface area (TPSA) is 18.5 Å². The molecule has 1 unspecified atom stereocenters. The Morgan fingerprint density at radius 2 is 1.65 bits per heavy atom. The molecule has 0 bridgehead atoms. The van der Waals surface area contributed by atoms with Crippen LogP contribution in [-0.2, 0) is 11.4 Å². The lowest BCUT2D eigenvalue weighted by Crippen LogP contribution is -2.29. The van der Waals surface area contributed by atoms with E-state index in [4.69, 9.17) is 9.47 Å². The van der Waals surface area contributed by atoms with Gasteiger partial charge in [-0.2, -0.15) is 0 Å². The summed E-state index contributed by atoms with van der Waals surface area (Å²) < 4.78 is 23.8. The maximum Gasteiger partial charge on any atom is 0.202 e. The normalized spacial score (nSPS) is 13.1. The van der Waals surface area contributed by atoms with E-state index >= 15 is 0 Å². The number of ether oxygens (including phenoxy) is 2. The third-order valence-electron chi connectivity index (χ3n) is 2.28. The Labute approximate surface area is 103 Å². The van der Waals surface area contributed by atoms with Crippen molar-refractivity contribution in [3.8, 4) is 5.75 Å². The SMILES string of the molecule is CC(C)OC(Oc1ccc(CF)cc1)C(C)C. The van der Waals surface area contributed by atoms with Crippen molar-refractivity contribution in [1.29, 1.82) is 0 Å². The molecule has 3 heteroatoms. The third-order valence-corrected chi connectivity index (χ3v) is 2.28. The molecule has 96 valence electrons. The highest BCUT2D eigenvalue weighted by Crippen LogP contribution is 2.19. The van der Waals surface area contributed by atoms with E-state index < -0.39 is 6.67 Å². The largest absolute Gasteiger partial charge is 0.465 e. The van der Waals surface area contributed by atoms with E-state index in [1.54, 1.807) is 24.3 Å². The molecule has 0 fully saturated rings. The van der Waals surface area contributed by atoms with Gasteiger partial charge in [0.25, 0.3) is 0 Å². The Bertz CT molecular complexity index is 319. The molecule has 1 aromatic carbocycles. The summed E-state index contributed by atoms with van der Waals surface area (Å²) in [5, 5.41) is 0. The number of halogens is 1. The quantitative estimate of drug-likeness (QED) is 0.701. The summed E-state index contributed by atoms with van der Waals surface area (Å²) in [4.78, 5) is 0. The molecule has 0 amide bonds. The first-order valence-electron chi connectivity index (χ1n) is 6.00. The summed E-state index contributed by atoms with van der Waals surface area (Å²) in [6.07, 6.45) is -0.154. The Balaban J connectivity index is 2.65. The monoisotopic (exact) mass is 240 g/mol. The fraction of sp³-hybridized carbons (Fsp3) is 0.571. The Morgan fingerprint density at radius 1 is 1.06 bits per heavy atom. The van der Waals surface area contributed by atoms with Crippen LogP contribution in [0, 0.1) is 5.92 Å². The molecule has 0 N–H and O–H groups in total. The first kappa shape index (κ1) is 14.0. The van der Waals surface area contributed by atoms with Crippen molar-refractivity contribution >= 4 is 0 Å². The molecule has 0 heterocycles. The molecule has 0 aliphatic rings. The highest BCUT2D eigenvalue weighted by molar-refractivity contribution is 5.26. The van der Waals surface area contributed by atoms with Crippen LogP contribution in [0.5, 0.6) is 5.75 Å². The predicted octanol–water partition coefficient (Wildman–Crippen LogP) is 3.94.